The third-order valence-corrected chi connectivity index (χ3v) is 6.37. The average molecular weight is 457 g/mol. The van der Waals surface area contributed by atoms with Crippen LogP contribution in [0.1, 0.15) is 43.7 Å². The maximum Gasteiger partial charge on any atom is 0.178 e. The highest BCUT2D eigenvalue weighted by Crippen LogP contribution is 2.33. The van der Waals surface area contributed by atoms with Crippen molar-refractivity contribution in [1.29, 1.82) is 0 Å². The van der Waals surface area contributed by atoms with Gasteiger partial charge in [0.05, 0.1) is 11.0 Å². The largest absolute Gasteiger partial charge is 0.335 e. The van der Waals surface area contributed by atoms with Crippen LogP contribution in [-0.4, -0.2) is 38.2 Å². The molecule has 5 aromatic rings. The Bertz CT molecular complexity index is 1420. The van der Waals surface area contributed by atoms with Gasteiger partial charge in [0, 0.05) is 17.1 Å². The smallest absolute Gasteiger partial charge is 0.178 e. The van der Waals surface area contributed by atoms with Gasteiger partial charge in [-0.05, 0) is 85.8 Å². The van der Waals surface area contributed by atoms with Crippen molar-refractivity contribution >= 4 is 22.1 Å². The number of aromatic amines is 2. The average Bonchev–Trinajstić information content (AvgIpc) is 3.48. The maximum atomic E-state index is 14.0. The summed E-state index contributed by atoms with van der Waals surface area (Å²) in [6.45, 7) is 8.00. The lowest BCUT2D eigenvalue weighted by Gasteiger charge is -2.23. The molecular formula is C27H29FN6. The van der Waals surface area contributed by atoms with E-state index in [1.54, 1.807) is 6.20 Å². The van der Waals surface area contributed by atoms with Gasteiger partial charge in [-0.1, -0.05) is 26.0 Å². The van der Waals surface area contributed by atoms with Gasteiger partial charge >= 0.3 is 0 Å². The maximum absolute atomic E-state index is 14.0. The number of pyridine rings is 1. The molecule has 2 aromatic carbocycles. The number of aromatic nitrogens is 5. The summed E-state index contributed by atoms with van der Waals surface area (Å²) in [5.74, 6) is 0.957. The fraction of sp³-hybridized carbons (Fsp3) is 0.296. The van der Waals surface area contributed by atoms with Gasteiger partial charge in [0.25, 0.3) is 0 Å². The van der Waals surface area contributed by atoms with Crippen molar-refractivity contribution < 1.29 is 4.39 Å². The summed E-state index contributed by atoms with van der Waals surface area (Å²) in [7, 11) is 0. The Balaban J connectivity index is 0.00000117. The summed E-state index contributed by atoms with van der Waals surface area (Å²) in [6.07, 6.45) is 3.99. The standard InChI is InChI=1S/C25H23FN6.C2H6/c1-14-10-17(12-18(26)11-14)19-6-9-28-24-22(19)29-25(30-24)23-20-13-16(2-3-21(20)31-32-23)15-4-7-27-8-5-15;1-2/h2-3,6,9-13,15,27H,4-5,7-8H2,1H3,(H,31,32)(H,28,29,30);1-2H3. The molecule has 0 amide bonds. The van der Waals surface area contributed by atoms with E-state index in [1.165, 1.54) is 17.7 Å². The molecule has 0 aliphatic carbocycles. The Hall–Kier alpha value is -3.58. The number of nitrogens with zero attached hydrogens (tertiary/aromatic N) is 3. The molecule has 0 saturated carbocycles. The SMILES string of the molecule is CC.Cc1cc(F)cc(-c2ccnc3nc(-c4n[nH]c5ccc(C6CCNCC6)cc45)[nH]c23)c1. The second-order valence-corrected chi connectivity index (χ2v) is 8.56. The topological polar surface area (TPSA) is 82.3 Å². The van der Waals surface area contributed by atoms with Crippen LogP contribution >= 0.6 is 0 Å². The zero-order valence-electron chi connectivity index (χ0n) is 19.7. The van der Waals surface area contributed by atoms with Crippen LogP contribution in [0.25, 0.3) is 44.7 Å². The van der Waals surface area contributed by atoms with Crippen molar-refractivity contribution in [3.63, 3.8) is 0 Å². The number of imidazole rings is 1. The van der Waals surface area contributed by atoms with Gasteiger partial charge in [0.1, 0.15) is 11.5 Å². The van der Waals surface area contributed by atoms with Gasteiger partial charge < -0.3 is 10.3 Å². The predicted octanol–water partition coefficient (Wildman–Crippen LogP) is 6.11. The van der Waals surface area contributed by atoms with Crippen molar-refractivity contribution in [2.24, 2.45) is 0 Å². The van der Waals surface area contributed by atoms with Crippen molar-refractivity contribution in [2.45, 2.75) is 39.5 Å². The second kappa shape index (κ2) is 9.35. The van der Waals surface area contributed by atoms with Crippen LogP contribution in [0.4, 0.5) is 4.39 Å². The lowest BCUT2D eigenvalue weighted by atomic mass is 9.89. The van der Waals surface area contributed by atoms with Crippen molar-refractivity contribution in [1.82, 2.24) is 30.5 Å². The fourth-order valence-corrected chi connectivity index (χ4v) is 4.78. The summed E-state index contributed by atoms with van der Waals surface area (Å²) in [5, 5.41) is 12.2. The Morgan fingerprint density at radius 3 is 2.62 bits per heavy atom. The summed E-state index contributed by atoms with van der Waals surface area (Å²) in [6, 6.07) is 13.5. The Labute approximate surface area is 198 Å². The monoisotopic (exact) mass is 456 g/mol. The van der Waals surface area contributed by atoms with Crippen LogP contribution in [-0.2, 0) is 0 Å². The minimum Gasteiger partial charge on any atom is -0.335 e. The molecule has 6 rings (SSSR count). The first kappa shape index (κ1) is 22.2. The molecule has 6 nitrogen and oxygen atoms in total. The first-order valence-electron chi connectivity index (χ1n) is 12.0. The van der Waals surface area contributed by atoms with E-state index in [0.29, 0.717) is 17.4 Å². The first-order chi connectivity index (χ1) is 16.7. The first-order valence-corrected chi connectivity index (χ1v) is 12.0. The molecule has 1 aliphatic heterocycles. The van der Waals surface area contributed by atoms with Crippen molar-refractivity contribution in [3.05, 3.63) is 65.6 Å². The van der Waals surface area contributed by atoms with Crippen LogP contribution in [0, 0.1) is 12.7 Å². The van der Waals surface area contributed by atoms with Gasteiger partial charge in [-0.15, -0.1) is 0 Å². The third kappa shape index (κ3) is 4.07. The lowest BCUT2D eigenvalue weighted by molar-refractivity contribution is 0.460. The number of nitrogens with one attached hydrogen (secondary N) is 3. The molecule has 0 atom stereocenters. The van der Waals surface area contributed by atoms with Gasteiger partial charge in [-0.25, -0.2) is 14.4 Å². The van der Waals surface area contributed by atoms with Crippen LogP contribution in [0.2, 0.25) is 0 Å². The normalized spacial score (nSPS) is 14.4. The number of hydrogen-bond acceptors (Lipinski definition) is 4. The number of hydrogen-bond donors (Lipinski definition) is 3. The summed E-state index contributed by atoms with van der Waals surface area (Å²) in [5.41, 5.74) is 6.99. The van der Waals surface area contributed by atoms with E-state index >= 15 is 0 Å². The number of rotatable bonds is 3. The number of fused-ring (bicyclic) bond motifs is 2. The van der Waals surface area contributed by atoms with Crippen molar-refractivity contribution in [3.8, 4) is 22.6 Å². The Morgan fingerprint density at radius 1 is 1.00 bits per heavy atom. The van der Waals surface area contributed by atoms with E-state index in [4.69, 9.17) is 4.98 Å². The molecule has 1 aliphatic rings. The van der Waals surface area contributed by atoms with E-state index in [9.17, 15) is 4.39 Å². The van der Waals surface area contributed by atoms with E-state index < -0.39 is 0 Å². The van der Waals surface area contributed by atoms with Gasteiger partial charge in [-0.3, -0.25) is 5.10 Å². The fourth-order valence-electron chi connectivity index (χ4n) is 4.78. The molecule has 4 heterocycles. The molecule has 1 saturated heterocycles. The quantitative estimate of drug-likeness (QED) is 0.306. The van der Waals surface area contributed by atoms with E-state index in [2.05, 4.69) is 43.7 Å². The number of piperidine rings is 1. The van der Waals surface area contributed by atoms with Crippen LogP contribution < -0.4 is 5.32 Å². The Kier molecular flexibility index (Phi) is 6.11. The Morgan fingerprint density at radius 2 is 1.82 bits per heavy atom. The molecule has 34 heavy (non-hydrogen) atoms. The van der Waals surface area contributed by atoms with Gasteiger partial charge in [-0.2, -0.15) is 5.10 Å². The van der Waals surface area contributed by atoms with E-state index in [1.807, 2.05) is 32.9 Å². The molecule has 0 unspecified atom stereocenters. The van der Waals surface area contributed by atoms with Gasteiger partial charge in [0.2, 0.25) is 0 Å². The van der Waals surface area contributed by atoms with Gasteiger partial charge in [0.15, 0.2) is 11.5 Å². The number of benzene rings is 2. The van der Waals surface area contributed by atoms with Crippen LogP contribution in [0.15, 0.2) is 48.7 Å². The van der Waals surface area contributed by atoms with Crippen molar-refractivity contribution in [2.75, 3.05) is 13.1 Å². The van der Waals surface area contributed by atoms with E-state index in [0.717, 1.165) is 64.7 Å². The van der Waals surface area contributed by atoms with E-state index in [-0.39, 0.29) is 5.82 Å². The minimum absolute atomic E-state index is 0.256. The molecule has 1 fully saturated rings. The van der Waals surface area contributed by atoms with Crippen LogP contribution in [0.3, 0.4) is 0 Å². The molecule has 0 radical (unpaired) electrons. The third-order valence-electron chi connectivity index (χ3n) is 6.37. The molecule has 3 aromatic heterocycles. The lowest BCUT2D eigenvalue weighted by Crippen LogP contribution is -2.26. The number of halogens is 1. The molecule has 7 heteroatoms. The zero-order valence-corrected chi connectivity index (χ0v) is 19.7. The zero-order chi connectivity index (χ0) is 23.7. The molecule has 0 spiro atoms. The predicted molar refractivity (Wildman–Crippen MR) is 135 cm³/mol. The number of aryl methyl sites for hydroxylation is 1. The number of H-pyrrole nitrogens is 2. The molecular weight excluding hydrogens is 427 g/mol. The highest BCUT2D eigenvalue weighted by molar-refractivity contribution is 5.96. The highest BCUT2D eigenvalue weighted by atomic mass is 19.1. The van der Waals surface area contributed by atoms with Crippen LogP contribution in [0.5, 0.6) is 0 Å². The highest BCUT2D eigenvalue weighted by Gasteiger charge is 2.19. The summed E-state index contributed by atoms with van der Waals surface area (Å²) < 4.78 is 14.0. The summed E-state index contributed by atoms with van der Waals surface area (Å²) >= 11 is 0. The summed E-state index contributed by atoms with van der Waals surface area (Å²) in [4.78, 5) is 12.6. The minimum atomic E-state index is -0.256. The second-order valence-electron chi connectivity index (χ2n) is 8.56. The molecule has 3 N–H and O–H groups in total. The molecule has 174 valence electrons. The molecule has 0 bridgehead atoms.